The van der Waals surface area contributed by atoms with E-state index in [2.05, 4.69) is 11.4 Å². The predicted molar refractivity (Wildman–Crippen MR) is 81.5 cm³/mol. The first kappa shape index (κ1) is 15.7. The molecular weight excluding hydrogens is 288 g/mol. The van der Waals surface area contributed by atoms with Gasteiger partial charge in [-0.3, -0.25) is 4.79 Å². The Morgan fingerprint density at radius 3 is 2.57 bits per heavy atom. The Labute approximate surface area is 130 Å². The minimum atomic E-state index is -0.766. The topological polar surface area (TPSA) is 62.1 Å². The fourth-order valence-electron chi connectivity index (χ4n) is 2.73. The van der Waals surface area contributed by atoms with Gasteiger partial charge in [0.1, 0.15) is 11.3 Å². The number of nitrogens with one attached hydrogen (secondary N) is 1. The molecule has 0 aliphatic heterocycles. The molecule has 1 amide bonds. The number of amides is 1. The van der Waals surface area contributed by atoms with Gasteiger partial charge in [0.05, 0.1) is 18.7 Å². The zero-order valence-corrected chi connectivity index (χ0v) is 12.9. The first-order chi connectivity index (χ1) is 10.1. The number of ether oxygens (including phenoxy) is 1. The van der Waals surface area contributed by atoms with Crippen LogP contribution in [-0.2, 0) is 0 Å². The number of halogens is 1. The van der Waals surface area contributed by atoms with E-state index in [1.807, 2.05) is 0 Å². The normalized spacial score (nSPS) is 17.4. The van der Waals surface area contributed by atoms with E-state index in [0.717, 1.165) is 25.7 Å². The molecular formula is C16H19ClN2O2. The molecule has 0 spiro atoms. The second-order valence-corrected chi connectivity index (χ2v) is 5.84. The van der Waals surface area contributed by atoms with Crippen molar-refractivity contribution < 1.29 is 9.53 Å². The van der Waals surface area contributed by atoms with E-state index in [1.165, 1.54) is 7.11 Å². The van der Waals surface area contributed by atoms with Gasteiger partial charge in [-0.05, 0) is 31.0 Å². The zero-order valence-electron chi connectivity index (χ0n) is 12.1. The summed E-state index contributed by atoms with van der Waals surface area (Å²) in [6.07, 6.45) is 5.56. The lowest BCUT2D eigenvalue weighted by Crippen LogP contribution is -2.47. The maximum absolute atomic E-state index is 12.5. The van der Waals surface area contributed by atoms with Crippen LogP contribution >= 0.6 is 11.6 Å². The standard InChI is InChI=1S/C16H19ClN2O2/c1-21-14-10-12(17)6-7-13(14)15(20)19-16(11-18)8-4-2-3-5-9-16/h6-7,10H,2-5,8-9H2,1H3,(H,19,20). The summed E-state index contributed by atoms with van der Waals surface area (Å²) in [5.41, 5.74) is -0.362. The number of hydrogen-bond acceptors (Lipinski definition) is 3. The van der Waals surface area contributed by atoms with E-state index < -0.39 is 5.54 Å². The molecule has 1 aromatic carbocycles. The first-order valence-corrected chi connectivity index (χ1v) is 7.55. The zero-order chi connectivity index (χ0) is 15.3. The monoisotopic (exact) mass is 306 g/mol. The summed E-state index contributed by atoms with van der Waals surface area (Å²) in [7, 11) is 1.49. The number of hydrogen-bond donors (Lipinski definition) is 1. The molecule has 1 saturated carbocycles. The van der Waals surface area contributed by atoms with Gasteiger partial charge in [-0.1, -0.05) is 37.3 Å². The summed E-state index contributed by atoms with van der Waals surface area (Å²) >= 11 is 5.90. The molecule has 1 aromatic rings. The lowest BCUT2D eigenvalue weighted by molar-refractivity contribution is 0.0910. The Hall–Kier alpha value is -1.73. The maximum Gasteiger partial charge on any atom is 0.256 e. The number of benzene rings is 1. The molecule has 2 rings (SSSR count). The van der Waals surface area contributed by atoms with Crippen LogP contribution in [0, 0.1) is 11.3 Å². The smallest absolute Gasteiger partial charge is 0.256 e. The molecule has 1 aliphatic carbocycles. The molecule has 0 bridgehead atoms. The molecule has 1 N–H and O–H groups in total. The molecule has 0 unspecified atom stereocenters. The average molecular weight is 307 g/mol. The molecule has 0 saturated heterocycles. The highest BCUT2D eigenvalue weighted by molar-refractivity contribution is 6.30. The van der Waals surface area contributed by atoms with Crippen LogP contribution in [0.3, 0.4) is 0 Å². The summed E-state index contributed by atoms with van der Waals surface area (Å²) in [6.45, 7) is 0. The molecule has 4 nitrogen and oxygen atoms in total. The van der Waals surface area contributed by atoms with Crippen LogP contribution < -0.4 is 10.1 Å². The van der Waals surface area contributed by atoms with Crippen LogP contribution in [0.1, 0.15) is 48.9 Å². The Bertz CT molecular complexity index is 558. The number of rotatable bonds is 3. The van der Waals surface area contributed by atoms with E-state index in [4.69, 9.17) is 16.3 Å². The van der Waals surface area contributed by atoms with Crippen LogP contribution in [0.5, 0.6) is 5.75 Å². The van der Waals surface area contributed by atoms with Gasteiger partial charge in [-0.15, -0.1) is 0 Å². The van der Waals surface area contributed by atoms with Gasteiger partial charge in [0.2, 0.25) is 0 Å². The van der Waals surface area contributed by atoms with Crippen molar-refractivity contribution in [1.29, 1.82) is 5.26 Å². The highest BCUT2D eigenvalue weighted by Gasteiger charge is 2.33. The maximum atomic E-state index is 12.5. The van der Waals surface area contributed by atoms with E-state index in [9.17, 15) is 10.1 Å². The third-order valence-corrected chi connectivity index (χ3v) is 4.17. The lowest BCUT2D eigenvalue weighted by Gasteiger charge is -2.26. The third kappa shape index (κ3) is 3.68. The summed E-state index contributed by atoms with van der Waals surface area (Å²) < 4.78 is 5.20. The number of carbonyl (C=O) groups excluding carboxylic acids is 1. The molecule has 5 heteroatoms. The second kappa shape index (κ2) is 6.82. The molecule has 0 atom stereocenters. The van der Waals surface area contributed by atoms with Crippen LogP contribution in [0.15, 0.2) is 18.2 Å². The molecule has 112 valence electrons. The summed E-state index contributed by atoms with van der Waals surface area (Å²) in [4.78, 5) is 12.5. The average Bonchev–Trinajstić information content (AvgIpc) is 2.73. The van der Waals surface area contributed by atoms with E-state index in [1.54, 1.807) is 18.2 Å². The van der Waals surface area contributed by atoms with Crippen molar-refractivity contribution in [3.63, 3.8) is 0 Å². The molecule has 0 radical (unpaired) electrons. The van der Waals surface area contributed by atoms with Crippen LogP contribution in [0.2, 0.25) is 5.02 Å². The summed E-state index contributed by atoms with van der Waals surface area (Å²) in [5.74, 6) is 0.133. The quantitative estimate of drug-likeness (QED) is 0.866. The Kier molecular flexibility index (Phi) is 5.08. The van der Waals surface area contributed by atoms with Crippen molar-refractivity contribution in [3.8, 4) is 11.8 Å². The van der Waals surface area contributed by atoms with Gasteiger partial charge in [0, 0.05) is 5.02 Å². The Balaban J connectivity index is 2.22. The highest BCUT2D eigenvalue weighted by Crippen LogP contribution is 2.28. The number of carbonyl (C=O) groups is 1. The van der Waals surface area contributed by atoms with Crippen molar-refractivity contribution in [2.24, 2.45) is 0 Å². The van der Waals surface area contributed by atoms with E-state index in [-0.39, 0.29) is 5.91 Å². The molecule has 1 fully saturated rings. The number of nitrogens with zero attached hydrogens (tertiary/aromatic N) is 1. The van der Waals surface area contributed by atoms with Crippen molar-refractivity contribution in [2.75, 3.05) is 7.11 Å². The van der Waals surface area contributed by atoms with Crippen LogP contribution in [-0.4, -0.2) is 18.6 Å². The lowest BCUT2D eigenvalue weighted by atomic mass is 9.91. The van der Waals surface area contributed by atoms with Gasteiger partial charge in [0.15, 0.2) is 0 Å². The Morgan fingerprint density at radius 1 is 1.33 bits per heavy atom. The minimum Gasteiger partial charge on any atom is -0.496 e. The predicted octanol–water partition coefficient (Wildman–Crippen LogP) is 3.69. The van der Waals surface area contributed by atoms with Crippen LogP contribution in [0.25, 0.3) is 0 Å². The largest absolute Gasteiger partial charge is 0.496 e. The summed E-state index contributed by atoms with van der Waals surface area (Å²) in [6, 6.07) is 7.18. The van der Waals surface area contributed by atoms with Gasteiger partial charge in [0.25, 0.3) is 5.91 Å². The van der Waals surface area contributed by atoms with Crippen molar-refractivity contribution in [1.82, 2.24) is 5.32 Å². The van der Waals surface area contributed by atoms with Gasteiger partial charge in [-0.2, -0.15) is 5.26 Å². The fourth-order valence-corrected chi connectivity index (χ4v) is 2.90. The second-order valence-electron chi connectivity index (χ2n) is 5.41. The number of nitriles is 1. The van der Waals surface area contributed by atoms with Gasteiger partial charge >= 0.3 is 0 Å². The van der Waals surface area contributed by atoms with E-state index >= 15 is 0 Å². The SMILES string of the molecule is COc1cc(Cl)ccc1C(=O)NC1(C#N)CCCCCC1. The van der Waals surface area contributed by atoms with Gasteiger partial charge in [-0.25, -0.2) is 0 Å². The Morgan fingerprint density at radius 2 is 2.00 bits per heavy atom. The minimum absolute atomic E-state index is 0.285. The molecule has 1 aliphatic rings. The molecule has 0 heterocycles. The summed E-state index contributed by atoms with van der Waals surface area (Å²) in [5, 5.41) is 12.9. The first-order valence-electron chi connectivity index (χ1n) is 7.17. The number of methoxy groups -OCH3 is 1. The van der Waals surface area contributed by atoms with Crippen molar-refractivity contribution >= 4 is 17.5 Å². The highest BCUT2D eigenvalue weighted by atomic mass is 35.5. The van der Waals surface area contributed by atoms with Crippen molar-refractivity contribution in [2.45, 2.75) is 44.1 Å². The van der Waals surface area contributed by atoms with Crippen LogP contribution in [0.4, 0.5) is 0 Å². The third-order valence-electron chi connectivity index (χ3n) is 3.93. The molecule has 21 heavy (non-hydrogen) atoms. The van der Waals surface area contributed by atoms with E-state index in [0.29, 0.717) is 29.2 Å². The fraction of sp³-hybridized carbons (Fsp3) is 0.500. The van der Waals surface area contributed by atoms with Gasteiger partial charge < -0.3 is 10.1 Å². The van der Waals surface area contributed by atoms with Crippen molar-refractivity contribution in [3.05, 3.63) is 28.8 Å². The molecule has 0 aromatic heterocycles.